The molecule has 1 atom stereocenters. The van der Waals surface area contributed by atoms with Gasteiger partial charge < -0.3 is 0 Å². The van der Waals surface area contributed by atoms with Gasteiger partial charge in [-0.3, -0.25) is 4.79 Å². The summed E-state index contributed by atoms with van der Waals surface area (Å²) in [6.07, 6.45) is 0. The predicted molar refractivity (Wildman–Crippen MR) is 79.4 cm³/mol. The molecule has 1 unspecified atom stereocenters. The van der Waals surface area contributed by atoms with Crippen LogP contribution >= 0.6 is 8.58 Å². The molecule has 0 amide bonds. The van der Waals surface area contributed by atoms with E-state index in [0.29, 0.717) is 0 Å². The average Bonchev–Trinajstić information content (AvgIpc) is 2.28. The molecule has 92 valence electrons. The van der Waals surface area contributed by atoms with Crippen molar-refractivity contribution in [2.45, 2.75) is 20.8 Å². The van der Waals surface area contributed by atoms with Crippen LogP contribution in [-0.2, 0) is 0 Å². The molecule has 0 N–H and O–H groups in total. The van der Waals surface area contributed by atoms with Crippen molar-refractivity contribution in [3.8, 4) is 0 Å². The molecular formula is C16H17OP. The highest BCUT2D eigenvalue weighted by atomic mass is 31.1. The molecular weight excluding hydrogens is 239 g/mol. The van der Waals surface area contributed by atoms with Crippen LogP contribution in [0.1, 0.15) is 27.0 Å². The van der Waals surface area contributed by atoms with E-state index < -0.39 is 0 Å². The third kappa shape index (κ3) is 2.86. The Bertz CT molecular complexity index is 550. The molecule has 0 saturated heterocycles. The van der Waals surface area contributed by atoms with Gasteiger partial charge in [0.05, 0.1) is 0 Å². The fourth-order valence-electron chi connectivity index (χ4n) is 2.25. The summed E-state index contributed by atoms with van der Waals surface area (Å²) in [5.41, 5.74) is 4.51. The Balaban J connectivity index is 2.30. The SMILES string of the molecule is Cc1cc(C)c(C(=O)Pc2ccccc2)c(C)c1. The maximum Gasteiger partial charge on any atom is 0.186 e. The van der Waals surface area contributed by atoms with Gasteiger partial charge in [0.15, 0.2) is 5.52 Å². The van der Waals surface area contributed by atoms with Crippen LogP contribution in [-0.4, -0.2) is 5.52 Å². The zero-order valence-electron chi connectivity index (χ0n) is 10.9. The van der Waals surface area contributed by atoms with Crippen molar-refractivity contribution in [1.82, 2.24) is 0 Å². The Morgan fingerprint density at radius 2 is 1.50 bits per heavy atom. The number of carbonyl (C=O) groups excluding carboxylic acids is 1. The third-order valence-electron chi connectivity index (χ3n) is 2.94. The quantitative estimate of drug-likeness (QED) is 0.764. The minimum absolute atomic E-state index is 0.206. The fraction of sp³-hybridized carbons (Fsp3) is 0.188. The van der Waals surface area contributed by atoms with Gasteiger partial charge in [-0.25, -0.2) is 0 Å². The Labute approximate surface area is 110 Å². The molecule has 18 heavy (non-hydrogen) atoms. The Morgan fingerprint density at radius 3 is 2.06 bits per heavy atom. The van der Waals surface area contributed by atoms with Crippen LogP contribution in [0.2, 0.25) is 0 Å². The maximum absolute atomic E-state index is 12.4. The molecule has 0 aliphatic carbocycles. The lowest BCUT2D eigenvalue weighted by molar-refractivity contribution is 0.108. The summed E-state index contributed by atoms with van der Waals surface area (Å²) in [5, 5.41) is 1.10. The molecule has 0 spiro atoms. The van der Waals surface area contributed by atoms with Gasteiger partial charge in [0.1, 0.15) is 0 Å². The van der Waals surface area contributed by atoms with E-state index in [-0.39, 0.29) is 14.1 Å². The van der Waals surface area contributed by atoms with Gasteiger partial charge >= 0.3 is 0 Å². The standard InChI is InChI=1S/C16H17OP/c1-11-9-12(2)15(13(3)10-11)16(17)18-14-7-5-4-6-8-14/h4-10,18H,1-3H3. The first kappa shape index (κ1) is 13.0. The largest absolute Gasteiger partial charge is 0.289 e. The van der Waals surface area contributed by atoms with E-state index in [4.69, 9.17) is 0 Å². The molecule has 2 heteroatoms. The summed E-state index contributed by atoms with van der Waals surface area (Å²) in [6, 6.07) is 14.1. The third-order valence-corrected chi connectivity index (χ3v) is 4.03. The molecule has 2 rings (SSSR count). The molecule has 0 aliphatic rings. The van der Waals surface area contributed by atoms with Gasteiger partial charge in [-0.15, -0.1) is 0 Å². The van der Waals surface area contributed by atoms with Crippen LogP contribution in [0.3, 0.4) is 0 Å². The van der Waals surface area contributed by atoms with E-state index in [1.807, 2.05) is 44.2 Å². The summed E-state index contributed by atoms with van der Waals surface area (Å²) in [4.78, 5) is 12.4. The molecule has 0 aliphatic heterocycles. The molecule has 0 saturated carbocycles. The zero-order valence-corrected chi connectivity index (χ0v) is 11.9. The molecule has 0 radical (unpaired) electrons. The van der Waals surface area contributed by atoms with Crippen molar-refractivity contribution in [2.24, 2.45) is 0 Å². The Hall–Kier alpha value is -1.46. The highest BCUT2D eigenvalue weighted by Crippen LogP contribution is 2.25. The molecule has 2 aromatic rings. The fourth-order valence-corrected chi connectivity index (χ4v) is 3.39. The molecule has 0 aromatic heterocycles. The van der Waals surface area contributed by atoms with Gasteiger partial charge in [0.2, 0.25) is 0 Å². The summed E-state index contributed by atoms with van der Waals surface area (Å²) < 4.78 is 0. The lowest BCUT2D eigenvalue weighted by Crippen LogP contribution is -2.04. The minimum Gasteiger partial charge on any atom is -0.289 e. The highest BCUT2D eigenvalue weighted by Gasteiger charge is 2.13. The highest BCUT2D eigenvalue weighted by molar-refractivity contribution is 7.66. The van der Waals surface area contributed by atoms with Crippen LogP contribution in [0.25, 0.3) is 0 Å². The first-order chi connectivity index (χ1) is 8.58. The molecule has 0 bridgehead atoms. The molecule has 2 aromatic carbocycles. The molecule has 0 heterocycles. The smallest absolute Gasteiger partial charge is 0.186 e. The second-order valence-corrected chi connectivity index (χ2v) is 5.88. The topological polar surface area (TPSA) is 17.1 Å². The van der Waals surface area contributed by atoms with Crippen LogP contribution in [0, 0.1) is 20.8 Å². The summed E-state index contributed by atoms with van der Waals surface area (Å²) >= 11 is 0. The number of carbonyl (C=O) groups is 1. The van der Waals surface area contributed by atoms with Crippen molar-refractivity contribution in [2.75, 3.05) is 0 Å². The van der Waals surface area contributed by atoms with E-state index in [1.165, 1.54) is 5.56 Å². The maximum atomic E-state index is 12.4. The first-order valence-electron chi connectivity index (χ1n) is 6.02. The van der Waals surface area contributed by atoms with Crippen molar-refractivity contribution in [3.63, 3.8) is 0 Å². The van der Waals surface area contributed by atoms with E-state index in [0.717, 1.165) is 22.0 Å². The number of hydrogen-bond donors (Lipinski definition) is 0. The summed E-state index contributed by atoms with van der Waals surface area (Å²) in [7, 11) is 0.206. The second kappa shape index (κ2) is 5.46. The van der Waals surface area contributed by atoms with Crippen LogP contribution in [0.15, 0.2) is 42.5 Å². The number of aryl methyl sites for hydroxylation is 3. The molecule has 1 nitrogen and oxygen atoms in total. The Morgan fingerprint density at radius 1 is 0.944 bits per heavy atom. The van der Waals surface area contributed by atoms with E-state index in [9.17, 15) is 4.79 Å². The normalized spacial score (nSPS) is 11.1. The lowest BCUT2D eigenvalue weighted by atomic mass is 10.0. The van der Waals surface area contributed by atoms with Crippen molar-refractivity contribution >= 4 is 19.4 Å². The van der Waals surface area contributed by atoms with Crippen LogP contribution in [0.5, 0.6) is 0 Å². The molecule has 0 fully saturated rings. The van der Waals surface area contributed by atoms with E-state index in [2.05, 4.69) is 19.1 Å². The number of rotatable bonds is 3. The predicted octanol–water partition coefficient (Wildman–Crippen LogP) is 3.76. The first-order valence-corrected chi connectivity index (χ1v) is 7.02. The van der Waals surface area contributed by atoms with Gasteiger partial charge in [-0.2, -0.15) is 0 Å². The minimum atomic E-state index is 0.206. The van der Waals surface area contributed by atoms with Crippen molar-refractivity contribution in [3.05, 3.63) is 64.7 Å². The Kier molecular flexibility index (Phi) is 3.93. The van der Waals surface area contributed by atoms with Crippen LogP contribution < -0.4 is 5.30 Å². The average molecular weight is 256 g/mol. The summed E-state index contributed by atoms with van der Waals surface area (Å²) in [5.74, 6) is 0. The van der Waals surface area contributed by atoms with Gasteiger partial charge in [-0.05, 0) is 45.8 Å². The van der Waals surface area contributed by atoms with E-state index in [1.54, 1.807) is 0 Å². The number of hydrogen-bond acceptors (Lipinski definition) is 1. The summed E-state index contributed by atoms with van der Waals surface area (Å²) in [6.45, 7) is 6.10. The van der Waals surface area contributed by atoms with E-state index >= 15 is 0 Å². The lowest BCUT2D eigenvalue weighted by Gasteiger charge is -2.10. The zero-order chi connectivity index (χ0) is 13.1. The van der Waals surface area contributed by atoms with Crippen LogP contribution in [0.4, 0.5) is 0 Å². The van der Waals surface area contributed by atoms with Gasteiger partial charge in [0.25, 0.3) is 0 Å². The van der Waals surface area contributed by atoms with Crippen molar-refractivity contribution in [1.29, 1.82) is 0 Å². The number of benzene rings is 2. The van der Waals surface area contributed by atoms with Crippen molar-refractivity contribution < 1.29 is 4.79 Å². The van der Waals surface area contributed by atoms with Gasteiger partial charge in [-0.1, -0.05) is 48.0 Å². The second-order valence-electron chi connectivity index (χ2n) is 4.59. The monoisotopic (exact) mass is 256 g/mol. The van der Waals surface area contributed by atoms with Gasteiger partial charge in [0, 0.05) is 5.56 Å².